The Morgan fingerprint density at radius 2 is 2.08 bits per heavy atom. The number of aromatic nitrogens is 2. The molecule has 0 N–H and O–H groups in total. The van der Waals surface area contributed by atoms with Crippen LogP contribution in [0.25, 0.3) is 11.0 Å². The average molecular weight is 343 g/mol. The molecule has 25 heavy (non-hydrogen) atoms. The maximum Gasteiger partial charge on any atom is 0.409 e. The van der Waals surface area contributed by atoms with Crippen molar-refractivity contribution in [2.45, 2.75) is 53.0 Å². The third-order valence-electron chi connectivity index (χ3n) is 5.33. The van der Waals surface area contributed by atoms with Crippen molar-refractivity contribution in [3.63, 3.8) is 0 Å². The molecule has 1 amide bonds. The molecule has 3 rings (SSSR count). The van der Waals surface area contributed by atoms with Gasteiger partial charge in [-0.25, -0.2) is 9.78 Å². The van der Waals surface area contributed by atoms with Gasteiger partial charge in [-0.15, -0.1) is 0 Å². The zero-order valence-corrected chi connectivity index (χ0v) is 15.6. The van der Waals surface area contributed by atoms with Crippen molar-refractivity contribution in [3.05, 3.63) is 30.1 Å². The predicted molar refractivity (Wildman–Crippen MR) is 99.6 cm³/mol. The highest BCUT2D eigenvalue weighted by Crippen LogP contribution is 2.33. The Kier molecular flexibility index (Phi) is 5.30. The predicted octanol–water partition coefficient (Wildman–Crippen LogP) is 4.38. The highest BCUT2D eigenvalue weighted by molar-refractivity contribution is 5.76. The van der Waals surface area contributed by atoms with Crippen LogP contribution >= 0.6 is 0 Å². The van der Waals surface area contributed by atoms with Crippen molar-refractivity contribution in [1.29, 1.82) is 0 Å². The number of amides is 1. The number of carbonyl (C=O) groups is 1. The molecule has 136 valence electrons. The second kappa shape index (κ2) is 7.46. The van der Waals surface area contributed by atoms with Gasteiger partial charge in [0.25, 0.3) is 0 Å². The van der Waals surface area contributed by atoms with E-state index in [1.807, 2.05) is 18.2 Å². The molecule has 1 aromatic heterocycles. The molecule has 0 spiro atoms. The quantitative estimate of drug-likeness (QED) is 0.831. The van der Waals surface area contributed by atoms with Gasteiger partial charge in [-0.2, -0.15) is 0 Å². The molecule has 1 unspecified atom stereocenters. The second-order valence-electron chi connectivity index (χ2n) is 7.58. The SMILES string of the molecule is CCN1CCCC(C)(Cn2cnc3ccc(C)cc32)CCCOC1=O. The van der Waals surface area contributed by atoms with Crippen LogP contribution in [0.5, 0.6) is 0 Å². The van der Waals surface area contributed by atoms with Crippen LogP contribution in [0.2, 0.25) is 0 Å². The molecule has 0 radical (unpaired) electrons. The Hall–Kier alpha value is -2.04. The van der Waals surface area contributed by atoms with Gasteiger partial charge in [-0.3, -0.25) is 0 Å². The Morgan fingerprint density at radius 1 is 1.28 bits per heavy atom. The lowest BCUT2D eigenvalue weighted by atomic mass is 9.80. The first-order valence-corrected chi connectivity index (χ1v) is 9.34. The lowest BCUT2D eigenvalue weighted by Crippen LogP contribution is -2.35. The van der Waals surface area contributed by atoms with Gasteiger partial charge in [-0.1, -0.05) is 13.0 Å². The van der Waals surface area contributed by atoms with Crippen molar-refractivity contribution in [3.8, 4) is 0 Å². The van der Waals surface area contributed by atoms with Crippen LogP contribution in [0, 0.1) is 12.3 Å². The fourth-order valence-electron chi connectivity index (χ4n) is 3.81. The van der Waals surface area contributed by atoms with Gasteiger partial charge in [0, 0.05) is 19.6 Å². The van der Waals surface area contributed by atoms with E-state index in [2.05, 4.69) is 41.6 Å². The molecule has 5 heteroatoms. The van der Waals surface area contributed by atoms with Crippen molar-refractivity contribution in [2.75, 3.05) is 19.7 Å². The van der Waals surface area contributed by atoms with E-state index in [0.717, 1.165) is 44.3 Å². The summed E-state index contributed by atoms with van der Waals surface area (Å²) >= 11 is 0. The number of benzene rings is 1. The van der Waals surface area contributed by atoms with Crippen LogP contribution < -0.4 is 0 Å². The number of rotatable bonds is 3. The molecule has 1 aromatic carbocycles. The summed E-state index contributed by atoms with van der Waals surface area (Å²) < 4.78 is 7.69. The first-order chi connectivity index (χ1) is 12.0. The summed E-state index contributed by atoms with van der Waals surface area (Å²) in [6, 6.07) is 6.42. The van der Waals surface area contributed by atoms with Crippen molar-refractivity contribution in [2.24, 2.45) is 5.41 Å². The number of cyclic esters (lactones) is 1. The molecule has 1 aliphatic heterocycles. The molecule has 0 bridgehead atoms. The van der Waals surface area contributed by atoms with Gasteiger partial charge >= 0.3 is 6.09 Å². The maximum absolute atomic E-state index is 12.0. The molecule has 1 aliphatic rings. The van der Waals surface area contributed by atoms with E-state index in [0.29, 0.717) is 13.2 Å². The van der Waals surface area contributed by atoms with Crippen molar-refractivity contribution < 1.29 is 9.53 Å². The summed E-state index contributed by atoms with van der Waals surface area (Å²) in [5, 5.41) is 0. The number of fused-ring (bicyclic) bond motifs is 1. The summed E-state index contributed by atoms with van der Waals surface area (Å²) in [5.74, 6) is 0. The Balaban J connectivity index is 1.76. The lowest BCUT2D eigenvalue weighted by Gasteiger charge is -2.33. The summed E-state index contributed by atoms with van der Waals surface area (Å²) in [4.78, 5) is 18.3. The standard InChI is InChI=1S/C20H29N3O2/c1-4-22-11-5-9-20(3,10-6-12-25-19(22)24)14-23-15-21-17-8-7-16(2)13-18(17)23/h7-8,13,15H,4-6,9-12,14H2,1-3H3. The fourth-order valence-corrected chi connectivity index (χ4v) is 3.81. The Bertz CT molecular complexity index is 740. The number of aryl methyl sites for hydroxylation is 1. The average Bonchev–Trinajstić information content (AvgIpc) is 2.97. The monoisotopic (exact) mass is 343 g/mol. The first kappa shape index (κ1) is 17.8. The van der Waals surface area contributed by atoms with Gasteiger partial charge < -0.3 is 14.2 Å². The summed E-state index contributed by atoms with van der Waals surface area (Å²) in [5.41, 5.74) is 3.71. The summed E-state index contributed by atoms with van der Waals surface area (Å²) in [7, 11) is 0. The van der Waals surface area contributed by atoms with Gasteiger partial charge in [0.15, 0.2) is 0 Å². The zero-order chi connectivity index (χ0) is 17.9. The highest BCUT2D eigenvalue weighted by atomic mass is 16.6. The van der Waals surface area contributed by atoms with Crippen LogP contribution in [-0.2, 0) is 11.3 Å². The van der Waals surface area contributed by atoms with E-state index in [4.69, 9.17) is 4.74 Å². The minimum absolute atomic E-state index is 0.165. The molecule has 2 heterocycles. The maximum atomic E-state index is 12.0. The number of carbonyl (C=O) groups excluding carboxylic acids is 1. The van der Waals surface area contributed by atoms with E-state index in [-0.39, 0.29) is 11.5 Å². The normalized spacial score (nSPS) is 22.8. The lowest BCUT2D eigenvalue weighted by molar-refractivity contribution is 0.0852. The minimum Gasteiger partial charge on any atom is -0.449 e. The number of hydrogen-bond donors (Lipinski definition) is 0. The largest absolute Gasteiger partial charge is 0.449 e. The van der Waals surface area contributed by atoms with Crippen LogP contribution in [0.3, 0.4) is 0 Å². The molecule has 5 nitrogen and oxygen atoms in total. The molecule has 0 aliphatic carbocycles. The van der Waals surface area contributed by atoms with E-state index >= 15 is 0 Å². The van der Waals surface area contributed by atoms with Gasteiger partial charge in [0.05, 0.1) is 24.0 Å². The number of nitrogens with zero attached hydrogens (tertiary/aromatic N) is 3. The third-order valence-corrected chi connectivity index (χ3v) is 5.33. The highest BCUT2D eigenvalue weighted by Gasteiger charge is 2.27. The van der Waals surface area contributed by atoms with Crippen molar-refractivity contribution >= 4 is 17.1 Å². The smallest absolute Gasteiger partial charge is 0.409 e. The summed E-state index contributed by atoms with van der Waals surface area (Å²) in [6.45, 7) is 9.42. The van der Waals surface area contributed by atoms with E-state index < -0.39 is 0 Å². The molecule has 1 atom stereocenters. The van der Waals surface area contributed by atoms with E-state index in [9.17, 15) is 4.79 Å². The topological polar surface area (TPSA) is 47.4 Å². The minimum atomic E-state index is -0.165. The Morgan fingerprint density at radius 3 is 2.88 bits per heavy atom. The second-order valence-corrected chi connectivity index (χ2v) is 7.58. The van der Waals surface area contributed by atoms with Gasteiger partial charge in [-0.05, 0) is 62.6 Å². The van der Waals surface area contributed by atoms with Crippen LogP contribution in [0.15, 0.2) is 24.5 Å². The molecule has 1 saturated heterocycles. The van der Waals surface area contributed by atoms with Crippen molar-refractivity contribution in [1.82, 2.24) is 14.5 Å². The molecular weight excluding hydrogens is 314 g/mol. The van der Waals surface area contributed by atoms with Crippen LogP contribution in [0.1, 0.15) is 45.1 Å². The van der Waals surface area contributed by atoms with Gasteiger partial charge in [0.1, 0.15) is 0 Å². The Labute approximate surface area is 150 Å². The molecular formula is C20H29N3O2. The number of imidazole rings is 1. The van der Waals surface area contributed by atoms with E-state index in [1.165, 1.54) is 11.1 Å². The van der Waals surface area contributed by atoms with Crippen LogP contribution in [0.4, 0.5) is 4.79 Å². The molecule has 1 fully saturated rings. The number of ether oxygens (including phenoxy) is 1. The first-order valence-electron chi connectivity index (χ1n) is 9.34. The zero-order valence-electron chi connectivity index (χ0n) is 15.6. The van der Waals surface area contributed by atoms with Crippen LogP contribution in [-0.4, -0.2) is 40.2 Å². The number of hydrogen-bond acceptors (Lipinski definition) is 3. The fraction of sp³-hybridized carbons (Fsp3) is 0.600. The molecule has 2 aromatic rings. The molecule has 0 saturated carbocycles. The summed E-state index contributed by atoms with van der Waals surface area (Å²) in [6.07, 6.45) is 5.87. The van der Waals surface area contributed by atoms with E-state index in [1.54, 1.807) is 0 Å². The third kappa shape index (κ3) is 4.14. The van der Waals surface area contributed by atoms with Gasteiger partial charge in [0.2, 0.25) is 0 Å².